The molecule has 1 aliphatic carbocycles. The quantitative estimate of drug-likeness (QED) is 0.453. The van der Waals surface area contributed by atoms with Crippen molar-refractivity contribution in [3.05, 3.63) is 18.0 Å². The van der Waals surface area contributed by atoms with Gasteiger partial charge < -0.3 is 10.2 Å². The smallest absolute Gasteiger partial charge is 0.264 e. The number of rotatable bonds is 10. The number of hydrogen-bond acceptors (Lipinski definition) is 11. The standard InChI is InChI=1S/C21H31N5O7S2/c1-4-26-20-17(12-23-26)19(24-15-8-6-5-7-9-15)16(11-22-20)18-10-21(33-25-18,13-31-34(2,27)28)14-32-35(3,29)30/h11-12,15H,4-10,13-14H2,1-3H3,(H,22,24). The minimum absolute atomic E-state index is 0.0620. The van der Waals surface area contributed by atoms with Crippen LogP contribution in [-0.2, 0) is 40.0 Å². The molecule has 14 heteroatoms. The average Bonchev–Trinajstić information content (AvgIpc) is 3.41. The lowest BCUT2D eigenvalue weighted by Gasteiger charge is -2.26. The summed E-state index contributed by atoms with van der Waals surface area (Å²) in [7, 11) is -7.63. The summed E-state index contributed by atoms with van der Waals surface area (Å²) in [6.45, 7) is 1.74. The lowest BCUT2D eigenvalue weighted by atomic mass is 9.93. The van der Waals surface area contributed by atoms with Crippen molar-refractivity contribution in [2.75, 3.05) is 31.0 Å². The van der Waals surface area contributed by atoms with Crippen LogP contribution in [0.15, 0.2) is 17.5 Å². The number of fused-ring (bicyclic) bond motifs is 1. The predicted molar refractivity (Wildman–Crippen MR) is 130 cm³/mol. The number of aryl methyl sites for hydroxylation is 1. The van der Waals surface area contributed by atoms with Gasteiger partial charge in [0.2, 0.25) is 0 Å². The average molecular weight is 530 g/mol. The zero-order valence-corrected chi connectivity index (χ0v) is 21.7. The van der Waals surface area contributed by atoms with Gasteiger partial charge in [-0.25, -0.2) is 9.67 Å². The Bertz CT molecular complexity index is 1280. The molecule has 2 aromatic heterocycles. The third-order valence-electron chi connectivity index (χ3n) is 6.14. The second kappa shape index (κ2) is 9.99. The molecule has 0 atom stereocenters. The Morgan fingerprint density at radius 1 is 1.09 bits per heavy atom. The predicted octanol–water partition coefficient (Wildman–Crippen LogP) is 2.01. The number of pyridine rings is 1. The molecular weight excluding hydrogens is 498 g/mol. The van der Waals surface area contributed by atoms with Crippen LogP contribution in [0.2, 0.25) is 0 Å². The SMILES string of the molecule is CCn1ncc2c(NC3CCCCC3)c(C3=NOC(COS(C)(=O)=O)(COS(C)(=O)=O)C3)cnc21. The molecule has 1 saturated carbocycles. The van der Waals surface area contributed by atoms with Gasteiger partial charge in [0.1, 0.15) is 13.2 Å². The molecule has 3 heterocycles. The summed E-state index contributed by atoms with van der Waals surface area (Å²) in [5, 5.41) is 13.2. The molecule has 1 fully saturated rings. The molecule has 0 bridgehead atoms. The van der Waals surface area contributed by atoms with Gasteiger partial charge >= 0.3 is 0 Å². The maximum atomic E-state index is 11.6. The topological polar surface area (TPSA) is 151 Å². The van der Waals surface area contributed by atoms with Crippen molar-refractivity contribution in [3.8, 4) is 0 Å². The molecule has 194 valence electrons. The summed E-state index contributed by atoms with van der Waals surface area (Å²) in [5.74, 6) is 0. The first kappa shape index (κ1) is 25.8. The highest BCUT2D eigenvalue weighted by Gasteiger charge is 2.43. The summed E-state index contributed by atoms with van der Waals surface area (Å²) in [6, 6.07) is 0.285. The molecule has 4 rings (SSSR count). The first-order chi connectivity index (χ1) is 16.5. The summed E-state index contributed by atoms with van der Waals surface area (Å²) in [6.07, 6.45) is 10.9. The fourth-order valence-electron chi connectivity index (χ4n) is 4.37. The second-order valence-corrected chi connectivity index (χ2v) is 12.4. The number of anilines is 1. The van der Waals surface area contributed by atoms with Gasteiger partial charge in [0.05, 0.1) is 35.5 Å². The second-order valence-electron chi connectivity index (χ2n) is 9.15. The van der Waals surface area contributed by atoms with Crippen LogP contribution in [0, 0.1) is 0 Å². The monoisotopic (exact) mass is 529 g/mol. The molecule has 0 saturated heterocycles. The van der Waals surface area contributed by atoms with Gasteiger partial charge in [-0.1, -0.05) is 24.4 Å². The van der Waals surface area contributed by atoms with E-state index in [0.717, 1.165) is 54.9 Å². The van der Waals surface area contributed by atoms with E-state index in [-0.39, 0.29) is 12.5 Å². The molecule has 0 radical (unpaired) electrons. The highest BCUT2D eigenvalue weighted by molar-refractivity contribution is 7.86. The molecule has 2 aliphatic rings. The molecule has 2 aromatic rings. The lowest BCUT2D eigenvalue weighted by molar-refractivity contribution is -0.0733. The minimum atomic E-state index is -3.81. The molecular formula is C21H31N5O7S2. The molecule has 0 unspecified atom stereocenters. The van der Waals surface area contributed by atoms with Gasteiger partial charge in [-0.3, -0.25) is 8.37 Å². The third kappa shape index (κ3) is 6.29. The Labute approximate surface area is 205 Å². The highest BCUT2D eigenvalue weighted by Crippen LogP contribution is 2.35. The van der Waals surface area contributed by atoms with Crippen LogP contribution in [0.5, 0.6) is 0 Å². The molecule has 1 aliphatic heterocycles. The fraction of sp³-hybridized carbons (Fsp3) is 0.667. The number of hydrogen-bond donors (Lipinski definition) is 1. The number of oxime groups is 1. The zero-order valence-electron chi connectivity index (χ0n) is 20.1. The van der Waals surface area contributed by atoms with E-state index < -0.39 is 39.1 Å². The van der Waals surface area contributed by atoms with E-state index in [9.17, 15) is 16.8 Å². The summed E-state index contributed by atoms with van der Waals surface area (Å²) in [4.78, 5) is 10.2. The van der Waals surface area contributed by atoms with E-state index in [2.05, 4.69) is 20.6 Å². The Balaban J connectivity index is 1.68. The van der Waals surface area contributed by atoms with Crippen molar-refractivity contribution in [2.24, 2.45) is 5.16 Å². The van der Waals surface area contributed by atoms with Crippen LogP contribution in [0.1, 0.15) is 51.0 Å². The van der Waals surface area contributed by atoms with Crippen molar-refractivity contribution >= 4 is 42.7 Å². The summed E-state index contributed by atoms with van der Waals surface area (Å²) in [5.41, 5.74) is 1.29. The maximum Gasteiger partial charge on any atom is 0.264 e. The Hall–Kier alpha value is -2.29. The van der Waals surface area contributed by atoms with Crippen LogP contribution in [0.4, 0.5) is 5.69 Å². The number of nitrogens with one attached hydrogen (secondary N) is 1. The van der Waals surface area contributed by atoms with E-state index in [1.807, 2.05) is 11.6 Å². The molecule has 1 N–H and O–H groups in total. The van der Waals surface area contributed by atoms with E-state index in [4.69, 9.17) is 13.2 Å². The van der Waals surface area contributed by atoms with Gasteiger partial charge in [-0.15, -0.1) is 0 Å². The molecule has 0 aromatic carbocycles. The van der Waals surface area contributed by atoms with E-state index in [1.54, 1.807) is 12.4 Å². The van der Waals surface area contributed by atoms with Gasteiger partial charge in [0.25, 0.3) is 20.2 Å². The Morgan fingerprint density at radius 2 is 1.74 bits per heavy atom. The van der Waals surface area contributed by atoms with Crippen LogP contribution < -0.4 is 5.32 Å². The van der Waals surface area contributed by atoms with E-state index in [0.29, 0.717) is 17.8 Å². The fourth-order valence-corrected chi connectivity index (χ4v) is 5.23. The maximum absolute atomic E-state index is 11.6. The first-order valence-electron chi connectivity index (χ1n) is 11.5. The molecule has 35 heavy (non-hydrogen) atoms. The van der Waals surface area contributed by atoms with Crippen LogP contribution >= 0.6 is 0 Å². The molecule has 0 spiro atoms. The Kier molecular flexibility index (Phi) is 7.36. The number of nitrogens with zero attached hydrogens (tertiary/aromatic N) is 4. The van der Waals surface area contributed by atoms with Gasteiger partial charge in [0, 0.05) is 30.8 Å². The third-order valence-corrected chi connectivity index (χ3v) is 7.23. The summed E-state index contributed by atoms with van der Waals surface area (Å²) < 4.78 is 58.3. The van der Waals surface area contributed by atoms with Crippen molar-refractivity contribution in [1.29, 1.82) is 0 Å². The molecule has 12 nitrogen and oxygen atoms in total. The normalized spacial score (nSPS) is 19.0. The van der Waals surface area contributed by atoms with Crippen LogP contribution in [0.25, 0.3) is 11.0 Å². The van der Waals surface area contributed by atoms with Gasteiger partial charge in [-0.2, -0.15) is 21.9 Å². The zero-order chi connectivity index (χ0) is 25.3. The van der Waals surface area contributed by atoms with Gasteiger partial charge in [-0.05, 0) is 19.8 Å². The summed E-state index contributed by atoms with van der Waals surface area (Å²) >= 11 is 0. The first-order valence-corrected chi connectivity index (χ1v) is 15.2. The van der Waals surface area contributed by atoms with E-state index >= 15 is 0 Å². The van der Waals surface area contributed by atoms with Crippen LogP contribution in [-0.4, -0.2) is 74.7 Å². The Morgan fingerprint density at radius 3 is 2.34 bits per heavy atom. The highest BCUT2D eigenvalue weighted by atomic mass is 32.2. The van der Waals surface area contributed by atoms with E-state index in [1.165, 1.54) is 6.42 Å². The van der Waals surface area contributed by atoms with Crippen LogP contribution in [0.3, 0.4) is 0 Å². The van der Waals surface area contributed by atoms with Crippen molar-refractivity contribution in [2.45, 2.75) is 63.6 Å². The van der Waals surface area contributed by atoms with Crippen molar-refractivity contribution in [3.63, 3.8) is 0 Å². The van der Waals surface area contributed by atoms with Crippen molar-refractivity contribution in [1.82, 2.24) is 14.8 Å². The molecule has 0 amide bonds. The van der Waals surface area contributed by atoms with Gasteiger partial charge in [0.15, 0.2) is 11.2 Å². The largest absolute Gasteiger partial charge is 0.383 e. The minimum Gasteiger partial charge on any atom is -0.383 e. The number of aromatic nitrogens is 3. The van der Waals surface area contributed by atoms with Crippen molar-refractivity contribution < 1.29 is 30.0 Å². The lowest BCUT2D eigenvalue weighted by Crippen LogP contribution is -2.41.